The van der Waals surface area contributed by atoms with E-state index in [1.807, 2.05) is 37.3 Å². The van der Waals surface area contributed by atoms with Crippen molar-refractivity contribution in [3.05, 3.63) is 65.9 Å². The van der Waals surface area contributed by atoms with Gasteiger partial charge in [-0.3, -0.25) is 9.20 Å². The number of methoxy groups -OCH3 is 1. The largest absolute Gasteiger partial charge is 0.384 e. The molecule has 182 valence electrons. The maximum atomic E-state index is 12.9. The van der Waals surface area contributed by atoms with Crippen LogP contribution in [0.25, 0.3) is 17.0 Å². The van der Waals surface area contributed by atoms with Gasteiger partial charge < -0.3 is 14.6 Å². The van der Waals surface area contributed by atoms with Crippen LogP contribution in [0.4, 0.5) is 5.69 Å². The summed E-state index contributed by atoms with van der Waals surface area (Å²) in [6.07, 6.45) is 3.91. The average Bonchev–Trinajstić information content (AvgIpc) is 3.46. The van der Waals surface area contributed by atoms with Crippen molar-refractivity contribution in [1.82, 2.24) is 23.8 Å². The molecule has 1 atom stereocenters. The number of carbonyl (C=O) groups excluding carboxylic acids is 1. The Balaban J connectivity index is 1.35. The standard InChI is InChI=1S/C23H24N6O5S/c1-15-6-7-16(13-17(15)25-22(30)19-14-24-20-5-3-4-9-28(19)20)21-26-23(34-27-21)18-8-10-29(18)35(31,32)12-11-33-2/h3-7,9,13-14,18H,8,10-12H2,1-2H3,(H,25,30)/t18-/m0/s1. The SMILES string of the molecule is COCCS(=O)(=O)N1CC[C@H]1c1nc(-c2ccc(C)c(NC(=O)c3cnc4ccccn34)c2)no1. The quantitative estimate of drug-likeness (QED) is 0.394. The van der Waals surface area contributed by atoms with Gasteiger partial charge in [-0.1, -0.05) is 23.4 Å². The highest BCUT2D eigenvalue weighted by Crippen LogP contribution is 2.36. The van der Waals surface area contributed by atoms with Crippen molar-refractivity contribution in [2.75, 3.05) is 31.3 Å². The van der Waals surface area contributed by atoms with Crippen molar-refractivity contribution < 1.29 is 22.5 Å². The van der Waals surface area contributed by atoms with Gasteiger partial charge in [0.2, 0.25) is 21.7 Å². The molecule has 3 aromatic heterocycles. The zero-order valence-electron chi connectivity index (χ0n) is 19.2. The first-order valence-corrected chi connectivity index (χ1v) is 12.6. The van der Waals surface area contributed by atoms with E-state index in [1.54, 1.807) is 16.7 Å². The summed E-state index contributed by atoms with van der Waals surface area (Å²) in [6.45, 7) is 2.40. The molecule has 5 rings (SSSR count). The van der Waals surface area contributed by atoms with Crippen LogP contribution in [0.3, 0.4) is 0 Å². The van der Waals surface area contributed by atoms with Gasteiger partial charge in [-0.05, 0) is 37.1 Å². The number of sulfonamides is 1. The fourth-order valence-corrected chi connectivity index (χ4v) is 5.50. The third-order valence-electron chi connectivity index (χ3n) is 5.99. The highest BCUT2D eigenvalue weighted by Gasteiger charge is 2.41. The molecule has 0 unspecified atom stereocenters. The number of nitrogens with zero attached hydrogens (tertiary/aromatic N) is 5. The molecule has 0 spiro atoms. The molecular formula is C23H24N6O5S. The van der Waals surface area contributed by atoms with Crippen molar-refractivity contribution in [3.8, 4) is 11.4 Å². The lowest BCUT2D eigenvalue weighted by Gasteiger charge is -2.36. The van der Waals surface area contributed by atoms with Crippen LogP contribution >= 0.6 is 0 Å². The molecule has 4 heterocycles. The number of aryl methyl sites for hydroxylation is 1. The second-order valence-electron chi connectivity index (χ2n) is 8.24. The first-order chi connectivity index (χ1) is 16.9. The molecule has 11 nitrogen and oxygen atoms in total. The molecule has 0 saturated carbocycles. The lowest BCUT2D eigenvalue weighted by molar-refractivity contribution is 0.102. The smallest absolute Gasteiger partial charge is 0.274 e. The van der Waals surface area contributed by atoms with Crippen molar-refractivity contribution in [3.63, 3.8) is 0 Å². The number of carbonyl (C=O) groups is 1. The summed E-state index contributed by atoms with van der Waals surface area (Å²) in [5, 5.41) is 6.98. The first-order valence-electron chi connectivity index (χ1n) is 11.0. The third kappa shape index (κ3) is 4.43. The van der Waals surface area contributed by atoms with Gasteiger partial charge in [-0.2, -0.15) is 9.29 Å². The van der Waals surface area contributed by atoms with Crippen LogP contribution in [0.15, 0.2) is 53.3 Å². The monoisotopic (exact) mass is 496 g/mol. The number of ether oxygens (including phenoxy) is 1. The second kappa shape index (κ2) is 9.21. The lowest BCUT2D eigenvalue weighted by Crippen LogP contribution is -2.46. The summed E-state index contributed by atoms with van der Waals surface area (Å²) in [4.78, 5) is 21.6. The van der Waals surface area contributed by atoms with E-state index in [1.165, 1.54) is 17.6 Å². The van der Waals surface area contributed by atoms with E-state index in [4.69, 9.17) is 9.26 Å². The molecule has 0 bridgehead atoms. The number of nitrogens with one attached hydrogen (secondary N) is 1. The van der Waals surface area contributed by atoms with Gasteiger partial charge >= 0.3 is 0 Å². The fourth-order valence-electron chi connectivity index (χ4n) is 3.92. The Morgan fingerprint density at radius 2 is 2.14 bits per heavy atom. The van der Waals surface area contributed by atoms with Crippen LogP contribution in [0.2, 0.25) is 0 Å². The van der Waals surface area contributed by atoms with Crippen LogP contribution in [0, 0.1) is 6.92 Å². The molecule has 1 N–H and O–H groups in total. The second-order valence-corrected chi connectivity index (χ2v) is 10.3. The number of hydrogen-bond acceptors (Lipinski definition) is 8. The summed E-state index contributed by atoms with van der Waals surface area (Å²) in [6, 6.07) is 10.5. The lowest BCUT2D eigenvalue weighted by atomic mass is 10.1. The zero-order valence-corrected chi connectivity index (χ0v) is 20.0. The van der Waals surface area contributed by atoms with E-state index in [0.717, 1.165) is 5.56 Å². The van der Waals surface area contributed by atoms with Crippen molar-refractivity contribution in [1.29, 1.82) is 0 Å². The number of amides is 1. The normalized spacial score (nSPS) is 16.3. The number of aromatic nitrogens is 4. The van der Waals surface area contributed by atoms with Gasteiger partial charge in [0.1, 0.15) is 17.4 Å². The Kier molecular flexibility index (Phi) is 6.09. The minimum Gasteiger partial charge on any atom is -0.384 e. The molecule has 1 fully saturated rings. The van der Waals surface area contributed by atoms with Crippen molar-refractivity contribution in [2.24, 2.45) is 0 Å². The summed E-state index contributed by atoms with van der Waals surface area (Å²) in [5.41, 5.74) is 3.17. The summed E-state index contributed by atoms with van der Waals surface area (Å²) < 4.78 is 38.4. The van der Waals surface area contributed by atoms with Gasteiger partial charge in [0, 0.05) is 31.1 Å². The van der Waals surface area contributed by atoms with Crippen molar-refractivity contribution >= 4 is 27.3 Å². The average molecular weight is 497 g/mol. The van der Waals surface area contributed by atoms with Gasteiger partial charge in [0.25, 0.3) is 5.91 Å². The van der Waals surface area contributed by atoms with Gasteiger partial charge in [0.15, 0.2) is 0 Å². The minimum atomic E-state index is -3.48. The molecule has 1 saturated heterocycles. The molecule has 1 aliphatic rings. The van der Waals surface area contributed by atoms with E-state index >= 15 is 0 Å². The number of benzene rings is 1. The number of fused-ring (bicyclic) bond motifs is 1. The van der Waals surface area contributed by atoms with Crippen LogP contribution in [-0.2, 0) is 14.8 Å². The molecule has 4 aromatic rings. The summed E-state index contributed by atoms with van der Waals surface area (Å²) >= 11 is 0. The Labute approximate surface area is 201 Å². The number of anilines is 1. The predicted octanol–water partition coefficient (Wildman–Crippen LogP) is 2.67. The highest BCUT2D eigenvalue weighted by atomic mass is 32.2. The molecule has 1 aromatic carbocycles. The zero-order chi connectivity index (χ0) is 24.6. The molecular weight excluding hydrogens is 472 g/mol. The van der Waals surface area contributed by atoms with Crippen LogP contribution < -0.4 is 5.32 Å². The van der Waals surface area contributed by atoms with E-state index in [0.29, 0.717) is 41.4 Å². The molecule has 35 heavy (non-hydrogen) atoms. The molecule has 1 aliphatic heterocycles. The number of imidazole rings is 1. The number of hydrogen-bond donors (Lipinski definition) is 1. The van der Waals surface area contributed by atoms with Gasteiger partial charge in [0.05, 0.1) is 18.6 Å². The first kappa shape index (κ1) is 23.1. The molecule has 0 radical (unpaired) electrons. The molecule has 1 amide bonds. The van der Waals surface area contributed by atoms with Crippen LogP contribution in [0.1, 0.15) is 34.4 Å². The number of rotatable bonds is 8. The minimum absolute atomic E-state index is 0.103. The maximum absolute atomic E-state index is 12.9. The fraction of sp³-hybridized carbons (Fsp3) is 0.304. The van der Waals surface area contributed by atoms with E-state index in [9.17, 15) is 13.2 Å². The van der Waals surface area contributed by atoms with Crippen LogP contribution in [0.5, 0.6) is 0 Å². The topological polar surface area (TPSA) is 132 Å². The summed E-state index contributed by atoms with van der Waals surface area (Å²) in [7, 11) is -2.01. The third-order valence-corrected chi connectivity index (χ3v) is 7.83. The highest BCUT2D eigenvalue weighted by molar-refractivity contribution is 7.89. The van der Waals surface area contributed by atoms with Crippen LogP contribution in [-0.4, -0.2) is 64.2 Å². The van der Waals surface area contributed by atoms with Crippen molar-refractivity contribution in [2.45, 2.75) is 19.4 Å². The maximum Gasteiger partial charge on any atom is 0.274 e. The van der Waals surface area contributed by atoms with E-state index in [2.05, 4.69) is 20.4 Å². The molecule has 12 heteroatoms. The van der Waals surface area contributed by atoms with E-state index in [-0.39, 0.29) is 24.2 Å². The molecule has 0 aliphatic carbocycles. The summed E-state index contributed by atoms with van der Waals surface area (Å²) in [5.74, 6) is 0.147. The van der Waals surface area contributed by atoms with Gasteiger partial charge in [-0.15, -0.1) is 0 Å². The Morgan fingerprint density at radius 3 is 2.91 bits per heavy atom. The Bertz CT molecular complexity index is 1500. The predicted molar refractivity (Wildman–Crippen MR) is 127 cm³/mol. The van der Waals surface area contributed by atoms with E-state index < -0.39 is 16.1 Å². The number of pyridine rings is 1. The Hall–Kier alpha value is -3.61. The Morgan fingerprint density at radius 1 is 1.29 bits per heavy atom. The van der Waals surface area contributed by atoms with Gasteiger partial charge in [-0.25, -0.2) is 13.4 Å².